The first-order chi connectivity index (χ1) is 12.5. The lowest BCUT2D eigenvalue weighted by molar-refractivity contribution is 0.170. The number of benzene rings is 2. The third-order valence-corrected chi connectivity index (χ3v) is 5.03. The molecule has 0 saturated heterocycles. The Labute approximate surface area is 159 Å². The summed E-state index contributed by atoms with van der Waals surface area (Å²) in [6, 6.07) is 17.9. The van der Waals surface area contributed by atoms with Crippen molar-refractivity contribution in [2.45, 2.75) is 52.1 Å². The number of hydrogen-bond donors (Lipinski definition) is 1. The summed E-state index contributed by atoms with van der Waals surface area (Å²) in [5.41, 5.74) is 9.31. The Hall–Kier alpha value is -1.78. The van der Waals surface area contributed by atoms with Gasteiger partial charge >= 0.3 is 0 Å². The predicted molar refractivity (Wildman–Crippen MR) is 112 cm³/mol. The largest absolute Gasteiger partial charge is 0.496 e. The van der Waals surface area contributed by atoms with Crippen LogP contribution in [-0.2, 0) is 0 Å². The average Bonchev–Trinajstić information content (AvgIpc) is 2.64. The van der Waals surface area contributed by atoms with Crippen LogP contribution in [0, 0.1) is 0 Å². The Balaban J connectivity index is 2.39. The predicted octanol–water partition coefficient (Wildman–Crippen LogP) is 3.54. The second kappa shape index (κ2) is 9.79. The third kappa shape index (κ3) is 5.12. The van der Waals surface area contributed by atoms with Gasteiger partial charge in [0.05, 0.1) is 7.11 Å². The van der Waals surface area contributed by atoms with E-state index in [1.807, 2.05) is 12.1 Å². The summed E-state index contributed by atoms with van der Waals surface area (Å²) >= 11 is 0. The summed E-state index contributed by atoms with van der Waals surface area (Å²) in [4.78, 5) is 2.54. The van der Waals surface area contributed by atoms with Crippen molar-refractivity contribution in [1.29, 1.82) is 0 Å². The highest BCUT2D eigenvalue weighted by molar-refractivity contribution is 6.50. The van der Waals surface area contributed by atoms with Gasteiger partial charge < -0.3 is 10.4 Å². The van der Waals surface area contributed by atoms with E-state index in [0.29, 0.717) is 12.1 Å². The molecule has 0 heterocycles. The van der Waals surface area contributed by atoms with Gasteiger partial charge in [0.1, 0.15) is 5.75 Å². The number of hydrogen-bond acceptors (Lipinski definition) is 3. The van der Waals surface area contributed by atoms with Crippen LogP contribution in [0.5, 0.6) is 5.75 Å². The quantitative estimate of drug-likeness (QED) is 0.703. The molecule has 1 radical (unpaired) electrons. The Morgan fingerprint density at radius 3 is 2.19 bits per heavy atom. The molecule has 0 amide bonds. The molecule has 0 fully saturated rings. The highest BCUT2D eigenvalue weighted by Crippen LogP contribution is 2.34. The number of rotatable bonds is 9. The van der Waals surface area contributed by atoms with Crippen molar-refractivity contribution in [2.24, 2.45) is 5.64 Å². The van der Waals surface area contributed by atoms with Crippen LogP contribution >= 0.6 is 0 Å². The molecule has 0 aliphatic rings. The topological polar surface area (TPSA) is 38.5 Å². The minimum atomic E-state index is 0.269. The second-order valence-corrected chi connectivity index (χ2v) is 7.35. The van der Waals surface area contributed by atoms with Crippen LogP contribution in [0.3, 0.4) is 0 Å². The van der Waals surface area contributed by atoms with E-state index in [9.17, 15) is 0 Å². The van der Waals surface area contributed by atoms with Crippen molar-refractivity contribution >= 4 is 12.9 Å². The summed E-state index contributed by atoms with van der Waals surface area (Å²) in [5.74, 6) is 1.19. The molecular weight excluding hydrogens is 319 g/mol. The van der Waals surface area contributed by atoms with E-state index in [0.717, 1.165) is 24.2 Å². The van der Waals surface area contributed by atoms with Crippen LogP contribution in [0.25, 0.3) is 0 Å². The molecule has 0 saturated carbocycles. The fourth-order valence-corrected chi connectivity index (χ4v) is 3.71. The molecule has 139 valence electrons. The van der Waals surface area contributed by atoms with Gasteiger partial charge in [-0.2, -0.15) is 0 Å². The second-order valence-electron chi connectivity index (χ2n) is 7.35. The van der Waals surface area contributed by atoms with Crippen molar-refractivity contribution < 1.29 is 4.74 Å². The molecule has 0 spiro atoms. The molecular formula is C22H32BN2O. The number of methoxy groups -OCH3 is 1. The molecule has 2 aromatic rings. The maximum Gasteiger partial charge on any atom is 0.241 e. The molecule has 2 rings (SSSR count). The van der Waals surface area contributed by atoms with Gasteiger partial charge in [-0.15, -0.1) is 0 Å². The van der Waals surface area contributed by atoms with E-state index in [1.165, 1.54) is 11.1 Å². The van der Waals surface area contributed by atoms with Crippen molar-refractivity contribution in [3.05, 3.63) is 59.7 Å². The standard InChI is InChI=1S/C22H32BN2O/c1-16(2)25(17(3)4)14-13-20(18-9-7-6-8-10-18)21-15-19(23-24)11-12-22(21)26-5/h6-12,15-17,20H,13-14,24H2,1-5H3/t20-/m1/s1. The molecule has 0 unspecified atom stereocenters. The molecule has 4 heteroatoms. The highest BCUT2D eigenvalue weighted by Gasteiger charge is 2.22. The molecule has 26 heavy (non-hydrogen) atoms. The smallest absolute Gasteiger partial charge is 0.241 e. The molecule has 0 aliphatic carbocycles. The first-order valence-electron chi connectivity index (χ1n) is 9.51. The van der Waals surface area contributed by atoms with Crippen LogP contribution in [0.15, 0.2) is 48.5 Å². The monoisotopic (exact) mass is 351 g/mol. The maximum absolute atomic E-state index is 5.78. The summed E-state index contributed by atoms with van der Waals surface area (Å²) in [6.07, 6.45) is 1.03. The SMILES string of the molecule is COc1ccc([B]N)cc1[C@H](CCN(C(C)C)C(C)C)c1ccccc1. The van der Waals surface area contributed by atoms with E-state index in [4.69, 9.17) is 10.4 Å². The first kappa shape index (κ1) is 20.5. The molecule has 2 N–H and O–H groups in total. The lowest BCUT2D eigenvalue weighted by atomic mass is 9.79. The average molecular weight is 351 g/mol. The minimum Gasteiger partial charge on any atom is -0.496 e. The van der Waals surface area contributed by atoms with Crippen molar-refractivity contribution in [2.75, 3.05) is 13.7 Å². The van der Waals surface area contributed by atoms with Crippen LogP contribution in [0.2, 0.25) is 0 Å². The van der Waals surface area contributed by atoms with Crippen LogP contribution < -0.4 is 15.8 Å². The molecule has 0 aliphatic heterocycles. The first-order valence-corrected chi connectivity index (χ1v) is 9.51. The zero-order chi connectivity index (χ0) is 19.1. The fraction of sp³-hybridized carbons (Fsp3) is 0.455. The minimum absolute atomic E-state index is 0.269. The Morgan fingerprint density at radius 1 is 1.00 bits per heavy atom. The van der Waals surface area contributed by atoms with Crippen molar-refractivity contribution in [3.63, 3.8) is 0 Å². The maximum atomic E-state index is 5.78. The van der Waals surface area contributed by atoms with E-state index < -0.39 is 0 Å². The van der Waals surface area contributed by atoms with Gasteiger partial charge in [0.25, 0.3) is 0 Å². The van der Waals surface area contributed by atoms with Crippen LogP contribution in [0.1, 0.15) is 51.2 Å². The lowest BCUT2D eigenvalue weighted by Gasteiger charge is -2.32. The number of nitrogens with zero attached hydrogens (tertiary/aromatic N) is 1. The van der Waals surface area contributed by atoms with E-state index in [2.05, 4.69) is 69.0 Å². The summed E-state index contributed by atoms with van der Waals surface area (Å²) in [5, 5.41) is 0. The van der Waals surface area contributed by atoms with Gasteiger partial charge in [-0.1, -0.05) is 47.9 Å². The third-order valence-electron chi connectivity index (χ3n) is 5.03. The zero-order valence-electron chi connectivity index (χ0n) is 16.8. The number of ether oxygens (including phenoxy) is 1. The van der Waals surface area contributed by atoms with Crippen LogP contribution in [0.4, 0.5) is 0 Å². The summed E-state index contributed by atoms with van der Waals surface area (Å²) in [7, 11) is 3.39. The molecule has 2 aromatic carbocycles. The van der Waals surface area contributed by atoms with E-state index >= 15 is 0 Å². The van der Waals surface area contributed by atoms with Crippen LogP contribution in [-0.4, -0.2) is 38.1 Å². The van der Waals surface area contributed by atoms with Gasteiger partial charge in [-0.3, -0.25) is 4.90 Å². The number of nitrogens with two attached hydrogens (primary N) is 1. The van der Waals surface area contributed by atoms with Gasteiger partial charge in [0, 0.05) is 23.6 Å². The normalized spacial score (nSPS) is 12.7. The molecule has 1 atom stereocenters. The van der Waals surface area contributed by atoms with Crippen molar-refractivity contribution in [3.8, 4) is 5.75 Å². The molecule has 0 aromatic heterocycles. The fourth-order valence-electron chi connectivity index (χ4n) is 3.71. The summed E-state index contributed by atoms with van der Waals surface area (Å²) in [6.45, 7) is 10.1. The van der Waals surface area contributed by atoms with Gasteiger partial charge in [-0.05, 0) is 52.3 Å². The molecule has 3 nitrogen and oxygen atoms in total. The zero-order valence-corrected chi connectivity index (χ0v) is 16.8. The van der Waals surface area contributed by atoms with Gasteiger partial charge in [0.2, 0.25) is 7.41 Å². The van der Waals surface area contributed by atoms with Crippen molar-refractivity contribution in [1.82, 2.24) is 4.90 Å². The van der Waals surface area contributed by atoms with E-state index in [-0.39, 0.29) is 5.92 Å². The van der Waals surface area contributed by atoms with Gasteiger partial charge in [-0.25, -0.2) is 0 Å². The highest BCUT2D eigenvalue weighted by atomic mass is 16.5. The Morgan fingerprint density at radius 2 is 1.65 bits per heavy atom. The van der Waals surface area contributed by atoms with E-state index in [1.54, 1.807) is 14.5 Å². The Bertz CT molecular complexity index is 665. The lowest BCUT2D eigenvalue weighted by Crippen LogP contribution is -2.38. The summed E-state index contributed by atoms with van der Waals surface area (Å²) < 4.78 is 5.68. The molecule has 0 bridgehead atoms. The Kier molecular flexibility index (Phi) is 7.74. The van der Waals surface area contributed by atoms with Gasteiger partial charge in [0.15, 0.2) is 0 Å².